The zero-order chi connectivity index (χ0) is 11.1. The van der Waals surface area contributed by atoms with Gasteiger partial charge in [0.1, 0.15) is 0 Å². The Bertz CT molecular complexity index is 134. The molecule has 0 heterocycles. The summed E-state index contributed by atoms with van der Waals surface area (Å²) in [6.07, 6.45) is 1.24. The average Bonchev–Trinajstić information content (AvgIpc) is 2.18. The number of nitrogens with zero attached hydrogens (tertiary/aromatic N) is 2. The molecule has 0 aromatic rings. The molecule has 0 fully saturated rings. The number of rotatable bonds is 7. The predicted molar refractivity (Wildman–Crippen MR) is 64.8 cm³/mol. The van der Waals surface area contributed by atoms with Gasteiger partial charge in [-0.1, -0.05) is 20.8 Å². The lowest BCUT2D eigenvalue weighted by atomic mass is 10.1. The van der Waals surface area contributed by atoms with E-state index in [9.17, 15) is 0 Å². The van der Waals surface area contributed by atoms with Crippen LogP contribution in [0, 0.1) is 0 Å². The smallest absolute Gasteiger partial charge is 0.0217 e. The van der Waals surface area contributed by atoms with Crippen molar-refractivity contribution in [3.8, 4) is 0 Å². The van der Waals surface area contributed by atoms with Gasteiger partial charge in [0.25, 0.3) is 0 Å². The Hall–Kier alpha value is -0.0800. The van der Waals surface area contributed by atoms with E-state index >= 15 is 0 Å². The molecule has 0 aliphatic heterocycles. The minimum atomic E-state index is 0.666. The second kappa shape index (κ2) is 7.24. The summed E-state index contributed by atoms with van der Waals surface area (Å²) >= 11 is 0. The fraction of sp³-hybridized carbons (Fsp3) is 1.00. The lowest BCUT2D eigenvalue weighted by molar-refractivity contribution is 0.144. The van der Waals surface area contributed by atoms with Crippen LogP contribution in [-0.2, 0) is 0 Å². The van der Waals surface area contributed by atoms with Crippen LogP contribution in [0.5, 0.6) is 0 Å². The molecule has 0 saturated carbocycles. The fourth-order valence-electron chi connectivity index (χ4n) is 1.81. The Morgan fingerprint density at radius 1 is 1.00 bits per heavy atom. The molecule has 0 unspecified atom stereocenters. The minimum Gasteiger partial charge on any atom is -0.302 e. The highest BCUT2D eigenvalue weighted by molar-refractivity contribution is 4.73. The first-order chi connectivity index (χ1) is 6.56. The molecule has 0 aromatic carbocycles. The first kappa shape index (κ1) is 13.9. The molecule has 14 heavy (non-hydrogen) atoms. The van der Waals surface area contributed by atoms with Crippen LogP contribution < -0.4 is 0 Å². The third kappa shape index (κ3) is 4.43. The van der Waals surface area contributed by atoms with E-state index in [-0.39, 0.29) is 0 Å². The zero-order valence-electron chi connectivity index (χ0n) is 10.9. The van der Waals surface area contributed by atoms with Crippen molar-refractivity contribution >= 4 is 0 Å². The second-order valence-corrected chi connectivity index (χ2v) is 4.32. The molecule has 0 aromatic heterocycles. The van der Waals surface area contributed by atoms with Crippen molar-refractivity contribution in [2.45, 2.75) is 53.1 Å². The first-order valence-electron chi connectivity index (χ1n) is 6.00. The minimum absolute atomic E-state index is 0.666. The van der Waals surface area contributed by atoms with Crippen LogP contribution in [0.2, 0.25) is 0 Å². The normalized spacial score (nSPS) is 14.4. The van der Waals surface area contributed by atoms with Gasteiger partial charge in [0.15, 0.2) is 0 Å². The maximum absolute atomic E-state index is 2.54. The Labute approximate surface area is 90.3 Å². The number of hydrogen-bond acceptors (Lipinski definition) is 2. The van der Waals surface area contributed by atoms with E-state index in [2.05, 4.69) is 51.5 Å². The summed E-state index contributed by atoms with van der Waals surface area (Å²) < 4.78 is 0. The molecular formula is C12H28N2. The van der Waals surface area contributed by atoms with Gasteiger partial charge in [-0.05, 0) is 40.4 Å². The zero-order valence-corrected chi connectivity index (χ0v) is 10.9. The molecule has 0 spiro atoms. The molecule has 0 saturated heterocycles. The Balaban J connectivity index is 4.13. The molecular weight excluding hydrogens is 172 g/mol. The van der Waals surface area contributed by atoms with Crippen molar-refractivity contribution in [3.05, 3.63) is 0 Å². The molecule has 0 radical (unpaired) electrons. The Kier molecular flexibility index (Phi) is 7.20. The van der Waals surface area contributed by atoms with E-state index in [1.807, 2.05) is 0 Å². The van der Waals surface area contributed by atoms with Gasteiger partial charge in [0.2, 0.25) is 0 Å². The van der Waals surface area contributed by atoms with Gasteiger partial charge in [0.05, 0.1) is 0 Å². The highest BCUT2D eigenvalue weighted by Crippen LogP contribution is 2.07. The maximum Gasteiger partial charge on any atom is 0.0217 e. The molecule has 2 nitrogen and oxygen atoms in total. The van der Waals surface area contributed by atoms with Crippen molar-refractivity contribution in [1.29, 1.82) is 0 Å². The summed E-state index contributed by atoms with van der Waals surface area (Å²) in [5.74, 6) is 0. The van der Waals surface area contributed by atoms with Gasteiger partial charge in [0, 0.05) is 18.6 Å². The first-order valence-corrected chi connectivity index (χ1v) is 6.00. The monoisotopic (exact) mass is 200 g/mol. The molecule has 0 aliphatic carbocycles. The summed E-state index contributed by atoms with van der Waals surface area (Å²) in [5.41, 5.74) is 0. The lowest BCUT2D eigenvalue weighted by Gasteiger charge is -2.33. The highest BCUT2D eigenvalue weighted by atomic mass is 15.2. The number of likely N-dealkylation sites (N-methyl/N-ethyl adjacent to an activating group) is 2. The second-order valence-electron chi connectivity index (χ2n) is 4.32. The highest BCUT2D eigenvalue weighted by Gasteiger charge is 2.16. The third-order valence-corrected chi connectivity index (χ3v) is 3.18. The molecule has 0 rings (SSSR count). The van der Waals surface area contributed by atoms with Gasteiger partial charge in [-0.3, -0.25) is 4.90 Å². The van der Waals surface area contributed by atoms with Crippen molar-refractivity contribution in [1.82, 2.24) is 9.80 Å². The van der Waals surface area contributed by atoms with Gasteiger partial charge in [-0.15, -0.1) is 0 Å². The fourth-order valence-corrected chi connectivity index (χ4v) is 1.81. The molecule has 2 heteroatoms. The largest absolute Gasteiger partial charge is 0.302 e. The van der Waals surface area contributed by atoms with Gasteiger partial charge in [-0.25, -0.2) is 0 Å². The van der Waals surface area contributed by atoms with Crippen LogP contribution in [0.4, 0.5) is 0 Å². The maximum atomic E-state index is 2.54. The van der Waals surface area contributed by atoms with Gasteiger partial charge < -0.3 is 4.90 Å². The average molecular weight is 200 g/mol. The SMILES string of the molecule is CC[C@H](CN(CC)C(C)C)N(C)CC. The van der Waals surface area contributed by atoms with Gasteiger partial charge >= 0.3 is 0 Å². The molecule has 0 bridgehead atoms. The van der Waals surface area contributed by atoms with Crippen molar-refractivity contribution in [3.63, 3.8) is 0 Å². The van der Waals surface area contributed by atoms with E-state index in [0.29, 0.717) is 12.1 Å². The molecule has 0 amide bonds. The van der Waals surface area contributed by atoms with Crippen LogP contribution in [0.1, 0.15) is 41.0 Å². The van der Waals surface area contributed by atoms with Crippen LogP contribution in [-0.4, -0.2) is 48.6 Å². The summed E-state index contributed by atoms with van der Waals surface area (Å²) in [6.45, 7) is 14.8. The van der Waals surface area contributed by atoms with Crippen LogP contribution in [0.15, 0.2) is 0 Å². The third-order valence-electron chi connectivity index (χ3n) is 3.18. The standard InChI is InChI=1S/C12H28N2/c1-7-12(13(6)8-2)10-14(9-3)11(4)5/h11-12H,7-10H2,1-6H3/t12-/m1/s1. The quantitative estimate of drug-likeness (QED) is 0.623. The van der Waals surface area contributed by atoms with E-state index in [1.165, 1.54) is 13.0 Å². The van der Waals surface area contributed by atoms with Crippen molar-refractivity contribution in [2.75, 3.05) is 26.7 Å². The van der Waals surface area contributed by atoms with Crippen molar-refractivity contribution in [2.24, 2.45) is 0 Å². The Morgan fingerprint density at radius 3 is 1.86 bits per heavy atom. The van der Waals surface area contributed by atoms with Gasteiger partial charge in [-0.2, -0.15) is 0 Å². The summed E-state index contributed by atoms with van der Waals surface area (Å²) in [4.78, 5) is 4.99. The van der Waals surface area contributed by atoms with E-state index < -0.39 is 0 Å². The summed E-state index contributed by atoms with van der Waals surface area (Å²) in [6, 6.07) is 1.38. The van der Waals surface area contributed by atoms with E-state index in [4.69, 9.17) is 0 Å². The summed E-state index contributed by atoms with van der Waals surface area (Å²) in [7, 11) is 2.22. The topological polar surface area (TPSA) is 6.48 Å². The predicted octanol–water partition coefficient (Wildman–Crippen LogP) is 2.45. The molecule has 86 valence electrons. The van der Waals surface area contributed by atoms with Crippen LogP contribution in [0.25, 0.3) is 0 Å². The van der Waals surface area contributed by atoms with E-state index in [0.717, 1.165) is 13.1 Å². The Morgan fingerprint density at radius 2 is 1.57 bits per heavy atom. The molecule has 1 atom stereocenters. The van der Waals surface area contributed by atoms with Crippen LogP contribution >= 0.6 is 0 Å². The molecule has 0 N–H and O–H groups in total. The van der Waals surface area contributed by atoms with Crippen LogP contribution in [0.3, 0.4) is 0 Å². The summed E-state index contributed by atoms with van der Waals surface area (Å²) in [5, 5.41) is 0. The number of hydrogen-bond donors (Lipinski definition) is 0. The lowest BCUT2D eigenvalue weighted by Crippen LogP contribution is -2.44. The van der Waals surface area contributed by atoms with Crippen molar-refractivity contribution < 1.29 is 0 Å². The molecule has 0 aliphatic rings. The van der Waals surface area contributed by atoms with E-state index in [1.54, 1.807) is 0 Å².